The molecule has 0 amide bonds. The van der Waals surface area contributed by atoms with E-state index in [-0.39, 0.29) is 6.42 Å². The Bertz CT molecular complexity index is 648. The number of carbonyl (C=O) groups is 1. The first-order valence-corrected chi connectivity index (χ1v) is 8.05. The molecule has 0 spiro atoms. The summed E-state index contributed by atoms with van der Waals surface area (Å²) in [7, 11) is 0. The van der Waals surface area contributed by atoms with Gasteiger partial charge in [0.1, 0.15) is 0 Å². The summed E-state index contributed by atoms with van der Waals surface area (Å²) < 4.78 is 0. The molecular weight excluding hydrogens is 308 g/mol. The van der Waals surface area contributed by atoms with Crippen LogP contribution in [0.4, 0.5) is 5.13 Å². The van der Waals surface area contributed by atoms with Crippen molar-refractivity contribution < 1.29 is 9.90 Å². The minimum Gasteiger partial charge on any atom is -0.481 e. The van der Waals surface area contributed by atoms with Crippen LogP contribution in [-0.4, -0.2) is 29.1 Å². The van der Waals surface area contributed by atoms with Gasteiger partial charge in [-0.2, -0.15) is 0 Å². The van der Waals surface area contributed by atoms with E-state index in [0.717, 1.165) is 34.4 Å². The lowest BCUT2D eigenvalue weighted by molar-refractivity contribution is -0.136. The van der Waals surface area contributed by atoms with Gasteiger partial charge in [-0.15, -0.1) is 11.3 Å². The number of rotatable bonds is 4. The molecule has 1 aliphatic heterocycles. The number of thiazole rings is 1. The molecule has 1 aromatic carbocycles. The molecule has 1 aromatic heterocycles. The SMILES string of the molecule is O=C(O)Cc1sc(N2CCCC2)nc1-c1ccc(Cl)cc1. The van der Waals surface area contributed by atoms with Gasteiger partial charge >= 0.3 is 5.97 Å². The maximum Gasteiger partial charge on any atom is 0.308 e. The smallest absolute Gasteiger partial charge is 0.308 e. The second kappa shape index (κ2) is 6.03. The Morgan fingerprint density at radius 3 is 2.57 bits per heavy atom. The first-order chi connectivity index (χ1) is 10.1. The molecule has 2 heterocycles. The van der Waals surface area contributed by atoms with Gasteiger partial charge in [0.15, 0.2) is 5.13 Å². The Labute approximate surface area is 132 Å². The van der Waals surface area contributed by atoms with Gasteiger partial charge in [-0.05, 0) is 25.0 Å². The number of hydrogen-bond acceptors (Lipinski definition) is 4. The second-order valence-electron chi connectivity index (χ2n) is 5.04. The van der Waals surface area contributed by atoms with E-state index in [1.54, 1.807) is 12.1 Å². The Kier molecular flexibility index (Phi) is 4.12. The number of carboxylic acids is 1. The number of nitrogens with zero attached hydrogens (tertiary/aromatic N) is 2. The summed E-state index contributed by atoms with van der Waals surface area (Å²) in [6.07, 6.45) is 2.34. The molecule has 0 aliphatic carbocycles. The van der Waals surface area contributed by atoms with Crippen LogP contribution in [0.3, 0.4) is 0 Å². The average molecular weight is 323 g/mol. The van der Waals surface area contributed by atoms with Crippen molar-refractivity contribution in [2.24, 2.45) is 0 Å². The van der Waals surface area contributed by atoms with Crippen molar-refractivity contribution in [3.63, 3.8) is 0 Å². The minimum atomic E-state index is -0.832. The van der Waals surface area contributed by atoms with E-state index >= 15 is 0 Å². The molecule has 110 valence electrons. The summed E-state index contributed by atoms with van der Waals surface area (Å²) in [6.45, 7) is 2.00. The zero-order valence-corrected chi connectivity index (χ0v) is 13.0. The highest BCUT2D eigenvalue weighted by atomic mass is 35.5. The molecule has 0 unspecified atom stereocenters. The van der Waals surface area contributed by atoms with Gasteiger partial charge in [-0.25, -0.2) is 4.98 Å². The fourth-order valence-electron chi connectivity index (χ4n) is 2.47. The molecule has 1 N–H and O–H groups in total. The predicted octanol–water partition coefficient (Wildman–Crippen LogP) is 3.69. The van der Waals surface area contributed by atoms with Crippen LogP contribution in [0.5, 0.6) is 0 Å². The minimum absolute atomic E-state index is 0.00344. The standard InChI is InChI=1S/C15H15ClN2O2S/c16-11-5-3-10(4-6-11)14-12(9-13(19)20)21-15(17-14)18-7-1-2-8-18/h3-6H,1-2,7-9H2,(H,19,20). The molecule has 1 aliphatic rings. The van der Waals surface area contributed by atoms with Crippen LogP contribution in [0.1, 0.15) is 17.7 Å². The van der Waals surface area contributed by atoms with E-state index in [0.29, 0.717) is 5.02 Å². The number of benzene rings is 1. The van der Waals surface area contributed by atoms with Gasteiger partial charge in [-0.1, -0.05) is 23.7 Å². The fraction of sp³-hybridized carbons (Fsp3) is 0.333. The van der Waals surface area contributed by atoms with Gasteiger partial charge in [0, 0.05) is 28.6 Å². The van der Waals surface area contributed by atoms with E-state index in [2.05, 4.69) is 9.88 Å². The van der Waals surface area contributed by atoms with E-state index in [9.17, 15) is 4.79 Å². The van der Waals surface area contributed by atoms with E-state index in [4.69, 9.17) is 16.7 Å². The summed E-state index contributed by atoms with van der Waals surface area (Å²) in [5.74, 6) is -0.832. The van der Waals surface area contributed by atoms with E-state index in [1.165, 1.54) is 24.2 Å². The molecule has 0 bridgehead atoms. The fourth-order valence-corrected chi connectivity index (χ4v) is 3.72. The van der Waals surface area contributed by atoms with Crippen LogP contribution in [0.15, 0.2) is 24.3 Å². The second-order valence-corrected chi connectivity index (χ2v) is 6.54. The summed E-state index contributed by atoms with van der Waals surface area (Å²) in [5, 5.41) is 10.7. The summed E-state index contributed by atoms with van der Waals surface area (Å²) in [4.78, 5) is 18.8. The summed E-state index contributed by atoms with van der Waals surface area (Å²) >= 11 is 7.40. The molecular formula is C15H15ClN2O2S. The molecule has 2 aromatic rings. The number of aliphatic carboxylic acids is 1. The van der Waals surface area contributed by atoms with Gasteiger partial charge < -0.3 is 10.0 Å². The van der Waals surface area contributed by atoms with Crippen LogP contribution >= 0.6 is 22.9 Å². The molecule has 3 rings (SSSR count). The normalized spacial score (nSPS) is 14.6. The molecule has 6 heteroatoms. The molecule has 0 radical (unpaired) electrons. The third kappa shape index (κ3) is 3.19. The Morgan fingerprint density at radius 2 is 1.95 bits per heavy atom. The van der Waals surface area contributed by atoms with Crippen LogP contribution < -0.4 is 4.90 Å². The van der Waals surface area contributed by atoms with Gasteiger partial charge in [0.2, 0.25) is 0 Å². The van der Waals surface area contributed by atoms with Crippen molar-refractivity contribution in [1.82, 2.24) is 4.98 Å². The highest BCUT2D eigenvalue weighted by molar-refractivity contribution is 7.16. The number of carboxylic acid groups (broad SMARTS) is 1. The quantitative estimate of drug-likeness (QED) is 0.932. The zero-order valence-electron chi connectivity index (χ0n) is 11.4. The first kappa shape index (κ1) is 14.4. The summed E-state index contributed by atoms with van der Waals surface area (Å²) in [6, 6.07) is 7.37. The largest absolute Gasteiger partial charge is 0.481 e. The maximum atomic E-state index is 11.1. The monoisotopic (exact) mass is 322 g/mol. The van der Waals surface area contributed by atoms with Crippen molar-refractivity contribution in [2.45, 2.75) is 19.3 Å². The number of anilines is 1. The highest BCUT2D eigenvalue weighted by Gasteiger charge is 2.21. The molecule has 1 saturated heterocycles. The van der Waals surface area contributed by atoms with Crippen molar-refractivity contribution in [3.8, 4) is 11.3 Å². The Morgan fingerprint density at radius 1 is 1.29 bits per heavy atom. The molecule has 1 fully saturated rings. The maximum absolute atomic E-state index is 11.1. The van der Waals surface area contributed by atoms with Crippen molar-refractivity contribution in [3.05, 3.63) is 34.2 Å². The molecule has 21 heavy (non-hydrogen) atoms. The lowest BCUT2D eigenvalue weighted by atomic mass is 10.1. The zero-order chi connectivity index (χ0) is 14.8. The lowest BCUT2D eigenvalue weighted by Gasteiger charge is -2.12. The molecule has 4 nitrogen and oxygen atoms in total. The number of aromatic nitrogens is 1. The Hall–Kier alpha value is -1.59. The van der Waals surface area contributed by atoms with Crippen LogP contribution in [-0.2, 0) is 11.2 Å². The third-order valence-corrected chi connectivity index (χ3v) is 4.86. The lowest BCUT2D eigenvalue weighted by Crippen LogP contribution is -2.17. The first-order valence-electron chi connectivity index (χ1n) is 6.86. The third-order valence-electron chi connectivity index (χ3n) is 3.49. The van der Waals surface area contributed by atoms with Gasteiger partial charge in [0.05, 0.1) is 12.1 Å². The molecule has 0 atom stereocenters. The van der Waals surface area contributed by atoms with Crippen molar-refractivity contribution in [1.29, 1.82) is 0 Å². The Balaban J connectivity index is 1.99. The van der Waals surface area contributed by atoms with E-state index < -0.39 is 5.97 Å². The average Bonchev–Trinajstić information content (AvgIpc) is 3.08. The van der Waals surface area contributed by atoms with Gasteiger partial charge in [0.25, 0.3) is 0 Å². The van der Waals surface area contributed by atoms with Crippen molar-refractivity contribution >= 4 is 34.0 Å². The van der Waals surface area contributed by atoms with Gasteiger partial charge in [-0.3, -0.25) is 4.79 Å². The van der Waals surface area contributed by atoms with E-state index in [1.807, 2.05) is 12.1 Å². The predicted molar refractivity (Wildman–Crippen MR) is 85.3 cm³/mol. The van der Waals surface area contributed by atoms with Crippen LogP contribution in [0, 0.1) is 0 Å². The van der Waals surface area contributed by atoms with Crippen LogP contribution in [0.25, 0.3) is 11.3 Å². The number of halogens is 1. The topological polar surface area (TPSA) is 53.4 Å². The molecule has 0 saturated carbocycles. The number of hydrogen-bond donors (Lipinski definition) is 1. The van der Waals surface area contributed by atoms with Crippen molar-refractivity contribution in [2.75, 3.05) is 18.0 Å². The van der Waals surface area contributed by atoms with Crippen LogP contribution in [0.2, 0.25) is 5.02 Å². The summed E-state index contributed by atoms with van der Waals surface area (Å²) in [5.41, 5.74) is 1.68. The highest BCUT2D eigenvalue weighted by Crippen LogP contribution is 2.35.